The van der Waals surface area contributed by atoms with Crippen LogP contribution in [0.4, 0.5) is 40.2 Å². The van der Waals surface area contributed by atoms with E-state index in [0.29, 0.717) is 58.0 Å². The van der Waals surface area contributed by atoms with Gasteiger partial charge in [0.2, 0.25) is 11.8 Å². The molecule has 3 spiro atoms. The number of anilines is 3. The van der Waals surface area contributed by atoms with Gasteiger partial charge in [0.15, 0.2) is 0 Å². The summed E-state index contributed by atoms with van der Waals surface area (Å²) in [6.45, 7) is 17.9. The number of hydrogen-bond donors (Lipinski definition) is 0. The number of piperidine rings is 5. The van der Waals surface area contributed by atoms with Crippen LogP contribution in [0.25, 0.3) is 11.1 Å². The Kier molecular flexibility index (Phi) is 20.9. The average molecular weight is 1340 g/mol. The van der Waals surface area contributed by atoms with Gasteiger partial charge in [0.05, 0.1) is 32.1 Å². The number of amides is 5. The molecule has 2 bridgehead atoms. The maximum Gasteiger partial charge on any atom is 0.414 e. The van der Waals surface area contributed by atoms with Crippen LogP contribution in [-0.2, 0) is 49.5 Å². The normalized spacial score (nSPS) is 25.0. The van der Waals surface area contributed by atoms with Gasteiger partial charge in [0.1, 0.15) is 24.3 Å². The van der Waals surface area contributed by atoms with E-state index in [2.05, 4.69) is 55.8 Å². The molecule has 10 aliphatic heterocycles. The molecule has 7 saturated heterocycles. The molecule has 0 radical (unpaired) electrons. The number of hydrogen-bond acceptors (Lipinski definition) is 14. The Hall–Kier alpha value is -6.49. The molecule has 7 fully saturated rings. The monoisotopic (exact) mass is 1340 g/mol. The number of ether oxygens (including phenoxy) is 5. The van der Waals surface area contributed by atoms with Crippen LogP contribution in [0.1, 0.15) is 148 Å². The Bertz CT molecular complexity index is 3460. The van der Waals surface area contributed by atoms with Crippen molar-refractivity contribution in [3.05, 3.63) is 111 Å². The van der Waals surface area contributed by atoms with Gasteiger partial charge < -0.3 is 53.1 Å². The zero-order valence-electron chi connectivity index (χ0n) is 56.8. The highest BCUT2D eigenvalue weighted by Gasteiger charge is 2.52. The van der Waals surface area contributed by atoms with Crippen molar-refractivity contribution in [2.45, 2.75) is 176 Å². The van der Waals surface area contributed by atoms with Gasteiger partial charge in [-0.2, -0.15) is 11.3 Å². The molecule has 2 unspecified atom stereocenters. The average Bonchev–Trinajstić information content (AvgIpc) is 1.61. The maximum atomic E-state index is 14.4. The van der Waals surface area contributed by atoms with Gasteiger partial charge in [-0.25, -0.2) is 23.2 Å². The summed E-state index contributed by atoms with van der Waals surface area (Å²) in [7, 11) is 1.60. The fraction of sp³-hybridized carbons (Fsp3) is 0.613. The van der Waals surface area contributed by atoms with E-state index in [0.717, 1.165) is 171 Å². The summed E-state index contributed by atoms with van der Waals surface area (Å²) in [4.78, 5) is 79.4. The molecule has 15 rings (SSSR count). The quantitative estimate of drug-likeness (QED) is 0.0840. The standard InChI is InChI=1S/C28H38FN3O6.C26H33N3O3S.C21H27FN2O.H2/c1-35-12-13-37-27(34)32-20-3-4-21(32)16-22(15-20)30-9-7-28(8-10-30)18-31(25-5-2-19(29)14-24(25)28)26(33)38-23-6-11-36-17-23;1-3-32-25(31)28-11-6-22(7-12-28)27-13-9-26(10-14-27)18-29(19(2)30)24-5-4-20(16-23(24)26)21-8-15-33-17-21;1-16(25)24-15-21(19-13-18(22)7-8-20(19)24)9-11-23(12-10-21)14-17-5-3-2-4-6-17;/h2,5,14,20-23H,3-4,6-13,15-18H2,1H3;4-5,8,15-17,22H,3,6-7,9-14,18H2,1-2H3;5,7-8,13H,2-4,6,9-12,14-15H2,1H3;1H/t20?,21?,22?,23-;;;/m1.../s1. The minimum absolute atomic E-state index is 0. The lowest BCUT2D eigenvalue weighted by molar-refractivity contribution is -0.117. The molecular weight excluding hydrogens is 1240 g/mol. The van der Waals surface area contributed by atoms with Crippen LogP contribution in [-0.4, -0.2) is 204 Å². The molecule has 3 aromatic carbocycles. The molecular formula is C75H100F2N8O10S. The molecule has 11 heterocycles. The maximum absolute atomic E-state index is 14.4. The second-order valence-corrected chi connectivity index (χ2v) is 29.8. The number of fused-ring (bicyclic) bond motifs is 8. The first-order chi connectivity index (χ1) is 46.5. The van der Waals surface area contributed by atoms with Gasteiger partial charge >= 0.3 is 18.3 Å². The second kappa shape index (κ2) is 29.5. The van der Waals surface area contributed by atoms with Crippen molar-refractivity contribution in [1.82, 2.24) is 24.5 Å². The molecule has 0 N–H and O–H groups in total. The Morgan fingerprint density at radius 1 is 0.604 bits per heavy atom. The van der Waals surface area contributed by atoms with Gasteiger partial charge in [-0.15, -0.1) is 0 Å². The summed E-state index contributed by atoms with van der Waals surface area (Å²) in [6, 6.07) is 19.9. The lowest BCUT2D eigenvalue weighted by Crippen LogP contribution is -2.55. The van der Waals surface area contributed by atoms with Crippen molar-refractivity contribution in [1.29, 1.82) is 0 Å². The van der Waals surface area contributed by atoms with Crippen molar-refractivity contribution in [2.75, 3.05) is 133 Å². The van der Waals surface area contributed by atoms with E-state index < -0.39 is 0 Å². The first-order valence-electron chi connectivity index (χ1n) is 35.7. The van der Waals surface area contributed by atoms with E-state index in [1.54, 1.807) is 67.0 Å². The van der Waals surface area contributed by atoms with Gasteiger partial charge in [0, 0.05) is 120 Å². The summed E-state index contributed by atoms with van der Waals surface area (Å²) >= 11 is 1.72. The van der Waals surface area contributed by atoms with E-state index in [-0.39, 0.29) is 84.2 Å². The molecule has 520 valence electrons. The molecule has 1 aliphatic carbocycles. The number of methoxy groups -OCH3 is 1. The highest BCUT2D eigenvalue weighted by atomic mass is 32.1. The number of likely N-dealkylation sites (tertiary alicyclic amines) is 4. The molecule has 3 atom stereocenters. The van der Waals surface area contributed by atoms with Crippen LogP contribution >= 0.6 is 11.3 Å². The largest absolute Gasteiger partial charge is 0.450 e. The molecule has 5 amide bonds. The zero-order valence-corrected chi connectivity index (χ0v) is 57.6. The number of allylic oxidation sites excluding steroid dienone is 1. The fourth-order valence-corrected chi connectivity index (χ4v) is 18.8. The zero-order chi connectivity index (χ0) is 66.7. The first-order valence-corrected chi connectivity index (χ1v) is 36.6. The lowest BCUT2D eigenvalue weighted by atomic mass is 9.73. The highest BCUT2D eigenvalue weighted by Crippen LogP contribution is 2.52. The van der Waals surface area contributed by atoms with E-state index in [9.17, 15) is 32.8 Å². The molecule has 21 heteroatoms. The summed E-state index contributed by atoms with van der Waals surface area (Å²) < 4.78 is 55.0. The van der Waals surface area contributed by atoms with E-state index in [1.807, 2.05) is 26.5 Å². The first kappa shape index (κ1) is 68.1. The number of carbonyl (C=O) groups excluding carboxylic acids is 5. The van der Waals surface area contributed by atoms with E-state index in [4.69, 9.17) is 23.7 Å². The third kappa shape index (κ3) is 14.2. The van der Waals surface area contributed by atoms with Crippen LogP contribution in [0.3, 0.4) is 0 Å². The third-order valence-electron chi connectivity index (χ3n) is 23.5. The predicted molar refractivity (Wildman–Crippen MR) is 369 cm³/mol. The van der Waals surface area contributed by atoms with Crippen molar-refractivity contribution in [3.8, 4) is 11.1 Å². The number of carbonyl (C=O) groups is 5. The minimum atomic E-state index is -0.367. The summed E-state index contributed by atoms with van der Waals surface area (Å²) in [5, 5.41) is 4.31. The van der Waals surface area contributed by atoms with Gasteiger partial charge in [-0.3, -0.25) is 19.4 Å². The smallest absolute Gasteiger partial charge is 0.414 e. The minimum Gasteiger partial charge on any atom is -0.450 e. The summed E-state index contributed by atoms with van der Waals surface area (Å²) in [5.41, 5.74) is 9.86. The van der Waals surface area contributed by atoms with Crippen molar-refractivity contribution >= 4 is 58.5 Å². The molecule has 18 nitrogen and oxygen atoms in total. The van der Waals surface area contributed by atoms with Gasteiger partial charge in [0.25, 0.3) is 0 Å². The van der Waals surface area contributed by atoms with Crippen LogP contribution < -0.4 is 14.7 Å². The number of rotatable bonds is 10. The van der Waals surface area contributed by atoms with Gasteiger partial charge in [-0.05, 0) is 242 Å². The highest BCUT2D eigenvalue weighted by molar-refractivity contribution is 7.08. The Labute approximate surface area is 570 Å². The number of thiophene rings is 1. The van der Waals surface area contributed by atoms with Crippen LogP contribution in [0.15, 0.2) is 83.1 Å². The SMILES string of the molecule is CC(=O)N1CC2(CCN(CC3=CCCCC3)CC2)c2cc(F)ccc21.CCOC(=O)N1CCC(N2CCC3(CC2)CN(C(C)=O)c2ccc(-c4ccsc4)cc23)CC1.COCCOC(=O)N1C2CCC1CC(N1CCC3(CC1)CN(C(=O)O[C@@H]1CCOC1)c1ccc(F)cc13)C2.[HH]. The van der Waals surface area contributed by atoms with Gasteiger partial charge in [-0.1, -0.05) is 17.7 Å². The Morgan fingerprint density at radius 2 is 1.18 bits per heavy atom. The van der Waals surface area contributed by atoms with Crippen LogP contribution in [0.5, 0.6) is 0 Å². The molecule has 4 aromatic rings. The summed E-state index contributed by atoms with van der Waals surface area (Å²) in [5.74, 6) is -0.283. The Morgan fingerprint density at radius 3 is 1.72 bits per heavy atom. The van der Waals surface area contributed by atoms with Crippen molar-refractivity contribution < 1.29 is 57.9 Å². The molecule has 11 aliphatic rings. The number of benzene rings is 3. The lowest BCUT2D eigenvalue weighted by Gasteiger charge is -2.47. The topological polar surface area (TPSA) is 157 Å². The van der Waals surface area contributed by atoms with E-state index in [1.165, 1.54) is 54.5 Å². The van der Waals surface area contributed by atoms with Crippen molar-refractivity contribution in [3.63, 3.8) is 0 Å². The van der Waals surface area contributed by atoms with Crippen molar-refractivity contribution in [2.24, 2.45) is 0 Å². The van der Waals surface area contributed by atoms with Crippen LogP contribution in [0.2, 0.25) is 0 Å². The van der Waals surface area contributed by atoms with Crippen LogP contribution in [0, 0.1) is 11.6 Å². The second-order valence-electron chi connectivity index (χ2n) is 29.0. The summed E-state index contributed by atoms with van der Waals surface area (Å²) in [6.07, 6.45) is 19.1. The fourth-order valence-electron chi connectivity index (χ4n) is 18.1. The van der Waals surface area contributed by atoms with E-state index >= 15 is 0 Å². The number of halogens is 2. The molecule has 0 saturated carbocycles. The predicted octanol–water partition coefficient (Wildman–Crippen LogP) is 12.7. The molecule has 1 aromatic heterocycles. The third-order valence-corrected chi connectivity index (χ3v) is 24.1. The molecule has 96 heavy (non-hydrogen) atoms. The Balaban J connectivity index is 0.000000141. The number of nitrogens with zero attached hydrogens (tertiary/aromatic N) is 8.